The summed E-state index contributed by atoms with van der Waals surface area (Å²) >= 11 is 0. The molecule has 0 bridgehead atoms. The fourth-order valence-electron chi connectivity index (χ4n) is 5.07. The lowest BCUT2D eigenvalue weighted by atomic mass is 9.77. The normalized spacial score (nSPS) is 27.6. The lowest BCUT2D eigenvalue weighted by molar-refractivity contribution is 0.0365. The van der Waals surface area contributed by atoms with E-state index < -0.39 is 0 Å². The Balaban J connectivity index is 1.33. The summed E-state index contributed by atoms with van der Waals surface area (Å²) in [6, 6.07) is 14.6. The minimum absolute atomic E-state index is 0.0971. The van der Waals surface area contributed by atoms with E-state index in [9.17, 15) is 5.11 Å². The molecule has 2 aliphatic rings. The maximum Gasteiger partial charge on any atom is 0.140 e. The van der Waals surface area contributed by atoms with Crippen LogP contribution in [0.3, 0.4) is 0 Å². The number of aliphatic hydroxyl groups excluding tert-OH is 1. The molecule has 1 aliphatic carbocycles. The largest absolute Gasteiger partial charge is 0.391 e. The summed E-state index contributed by atoms with van der Waals surface area (Å²) in [4.78, 5) is 11.2. The molecule has 28 heavy (non-hydrogen) atoms. The summed E-state index contributed by atoms with van der Waals surface area (Å²) < 4.78 is 2.20. The van der Waals surface area contributed by atoms with Gasteiger partial charge in [0, 0.05) is 50.0 Å². The van der Waals surface area contributed by atoms with Gasteiger partial charge in [-0.15, -0.1) is 0 Å². The van der Waals surface area contributed by atoms with E-state index in [0.717, 1.165) is 43.9 Å². The zero-order valence-electron chi connectivity index (χ0n) is 15.9. The molecular weight excluding hydrogens is 348 g/mol. The van der Waals surface area contributed by atoms with E-state index in [1.165, 1.54) is 5.56 Å². The van der Waals surface area contributed by atoms with E-state index in [2.05, 4.69) is 43.7 Å². The average molecular weight is 374 g/mol. The average Bonchev–Trinajstić information content (AvgIpc) is 3.35. The quantitative estimate of drug-likeness (QED) is 0.761. The van der Waals surface area contributed by atoms with E-state index in [4.69, 9.17) is 0 Å². The van der Waals surface area contributed by atoms with Gasteiger partial charge in [0.15, 0.2) is 0 Å². The molecule has 5 rings (SSSR count). The fourth-order valence-corrected chi connectivity index (χ4v) is 5.07. The van der Waals surface area contributed by atoms with E-state index >= 15 is 0 Å². The summed E-state index contributed by atoms with van der Waals surface area (Å²) in [5.41, 5.74) is 2.42. The predicted molar refractivity (Wildman–Crippen MR) is 108 cm³/mol. The molecule has 144 valence electrons. The molecule has 3 heterocycles. The second kappa shape index (κ2) is 7.49. The van der Waals surface area contributed by atoms with Gasteiger partial charge in [0.2, 0.25) is 0 Å². The van der Waals surface area contributed by atoms with Crippen LogP contribution in [0.4, 0.5) is 0 Å². The van der Waals surface area contributed by atoms with Crippen LogP contribution in [0.15, 0.2) is 67.3 Å². The number of benzene rings is 1. The number of pyridine rings is 1. The Morgan fingerprint density at radius 1 is 0.929 bits per heavy atom. The van der Waals surface area contributed by atoms with Crippen molar-refractivity contribution >= 4 is 0 Å². The molecule has 4 atom stereocenters. The van der Waals surface area contributed by atoms with Crippen LogP contribution in [0.25, 0.3) is 11.4 Å². The van der Waals surface area contributed by atoms with Crippen molar-refractivity contribution in [1.82, 2.24) is 19.4 Å². The topological polar surface area (TPSA) is 54.2 Å². The molecule has 1 saturated carbocycles. The van der Waals surface area contributed by atoms with Crippen LogP contribution in [0, 0.1) is 11.8 Å². The molecule has 5 nitrogen and oxygen atoms in total. The molecule has 1 aromatic carbocycles. The minimum Gasteiger partial charge on any atom is -0.391 e. The number of hydrogen-bond donors (Lipinski definition) is 1. The van der Waals surface area contributed by atoms with Gasteiger partial charge in [-0.2, -0.15) is 0 Å². The lowest BCUT2D eigenvalue weighted by Gasteiger charge is -2.36. The second-order valence-corrected chi connectivity index (χ2v) is 8.20. The predicted octanol–water partition coefficient (Wildman–Crippen LogP) is 3.39. The van der Waals surface area contributed by atoms with Crippen molar-refractivity contribution in [3.8, 4) is 11.4 Å². The number of likely N-dealkylation sites (tertiary alicyclic amines) is 1. The van der Waals surface area contributed by atoms with Crippen molar-refractivity contribution in [3.05, 3.63) is 72.8 Å². The summed E-state index contributed by atoms with van der Waals surface area (Å²) in [5.74, 6) is 2.16. The Morgan fingerprint density at radius 3 is 2.46 bits per heavy atom. The fraction of sp³-hybridized carbons (Fsp3) is 0.391. The standard InChI is InChI=1S/C23H26N4O/c28-22-13-20-16-26(14-17-6-8-24-9-7-17)15-19(20)12-21(22)27-11-10-25-23(27)18-4-2-1-3-5-18/h1-11,19-22,28H,12-16H2/t19-,20+,21-,22-/m0/s1. The Kier molecular flexibility index (Phi) is 4.71. The third-order valence-electron chi connectivity index (χ3n) is 6.40. The Hall–Kier alpha value is -2.50. The molecule has 0 amide bonds. The van der Waals surface area contributed by atoms with E-state index in [1.54, 1.807) is 0 Å². The number of aromatic nitrogens is 3. The molecule has 0 spiro atoms. The third kappa shape index (κ3) is 3.36. The van der Waals surface area contributed by atoms with Crippen LogP contribution < -0.4 is 0 Å². The van der Waals surface area contributed by atoms with Gasteiger partial charge in [0.25, 0.3) is 0 Å². The van der Waals surface area contributed by atoms with E-state index in [-0.39, 0.29) is 12.1 Å². The molecule has 1 aliphatic heterocycles. The summed E-state index contributed by atoms with van der Waals surface area (Å²) in [5, 5.41) is 11.0. The van der Waals surface area contributed by atoms with Crippen molar-refractivity contribution in [2.24, 2.45) is 11.8 Å². The Morgan fingerprint density at radius 2 is 1.68 bits per heavy atom. The van der Waals surface area contributed by atoms with Crippen LogP contribution >= 0.6 is 0 Å². The smallest absolute Gasteiger partial charge is 0.140 e. The monoisotopic (exact) mass is 374 g/mol. The van der Waals surface area contributed by atoms with Crippen LogP contribution in [0.1, 0.15) is 24.4 Å². The van der Waals surface area contributed by atoms with Gasteiger partial charge in [-0.3, -0.25) is 9.88 Å². The first-order valence-corrected chi connectivity index (χ1v) is 10.2. The zero-order valence-corrected chi connectivity index (χ0v) is 15.9. The number of fused-ring (bicyclic) bond motifs is 1. The molecule has 1 saturated heterocycles. The van der Waals surface area contributed by atoms with Crippen LogP contribution in [-0.2, 0) is 6.54 Å². The number of nitrogens with zero attached hydrogens (tertiary/aromatic N) is 4. The number of hydrogen-bond acceptors (Lipinski definition) is 4. The Labute approximate surface area is 165 Å². The van der Waals surface area contributed by atoms with Crippen molar-refractivity contribution < 1.29 is 5.11 Å². The van der Waals surface area contributed by atoms with Gasteiger partial charge in [0.1, 0.15) is 5.82 Å². The minimum atomic E-state index is -0.321. The SMILES string of the molecule is O[C@H]1C[C@@H]2CN(Cc3ccncc3)C[C@@H]2C[C@@H]1n1ccnc1-c1ccccc1. The molecule has 0 unspecified atom stereocenters. The highest BCUT2D eigenvalue weighted by Gasteiger charge is 2.42. The van der Waals surface area contributed by atoms with Gasteiger partial charge in [-0.05, 0) is 42.4 Å². The van der Waals surface area contributed by atoms with Crippen molar-refractivity contribution in [2.75, 3.05) is 13.1 Å². The molecule has 5 heteroatoms. The highest BCUT2D eigenvalue weighted by atomic mass is 16.3. The van der Waals surface area contributed by atoms with Crippen LogP contribution in [0.2, 0.25) is 0 Å². The lowest BCUT2D eigenvalue weighted by Crippen LogP contribution is -2.36. The van der Waals surface area contributed by atoms with Crippen molar-refractivity contribution in [3.63, 3.8) is 0 Å². The number of imidazole rings is 1. The van der Waals surface area contributed by atoms with Crippen molar-refractivity contribution in [2.45, 2.75) is 31.5 Å². The first-order chi connectivity index (χ1) is 13.8. The number of rotatable bonds is 4. The highest BCUT2D eigenvalue weighted by Crippen LogP contribution is 2.42. The van der Waals surface area contributed by atoms with Crippen LogP contribution in [-0.4, -0.2) is 43.7 Å². The van der Waals surface area contributed by atoms with E-state index in [0.29, 0.717) is 11.8 Å². The summed E-state index contributed by atoms with van der Waals surface area (Å²) in [6.45, 7) is 3.15. The first-order valence-electron chi connectivity index (χ1n) is 10.2. The van der Waals surface area contributed by atoms with Gasteiger partial charge in [0.05, 0.1) is 12.1 Å². The molecule has 1 N–H and O–H groups in total. The van der Waals surface area contributed by atoms with Crippen LogP contribution in [0.5, 0.6) is 0 Å². The molecule has 2 fully saturated rings. The molecule has 2 aromatic heterocycles. The highest BCUT2D eigenvalue weighted by molar-refractivity contribution is 5.55. The summed E-state index contributed by atoms with van der Waals surface area (Å²) in [7, 11) is 0. The van der Waals surface area contributed by atoms with Gasteiger partial charge in [-0.1, -0.05) is 30.3 Å². The first kappa shape index (κ1) is 17.6. The Bertz CT molecular complexity index is 911. The van der Waals surface area contributed by atoms with Gasteiger partial charge in [-0.25, -0.2) is 4.98 Å². The third-order valence-corrected chi connectivity index (χ3v) is 6.40. The molecule has 0 radical (unpaired) electrons. The maximum absolute atomic E-state index is 11.0. The molecule has 3 aromatic rings. The van der Waals surface area contributed by atoms with Gasteiger partial charge < -0.3 is 9.67 Å². The zero-order chi connectivity index (χ0) is 18.9. The molecular formula is C23H26N4O. The van der Waals surface area contributed by atoms with Gasteiger partial charge >= 0.3 is 0 Å². The summed E-state index contributed by atoms with van der Waals surface area (Å²) in [6.07, 6.45) is 9.17. The van der Waals surface area contributed by atoms with Crippen molar-refractivity contribution in [1.29, 1.82) is 0 Å². The maximum atomic E-state index is 11.0. The second-order valence-electron chi connectivity index (χ2n) is 8.20. The number of aliphatic hydroxyl groups is 1. The van der Waals surface area contributed by atoms with E-state index in [1.807, 2.05) is 43.0 Å².